The molecule has 0 bridgehead atoms. The van der Waals surface area contributed by atoms with Crippen LogP contribution in [0.3, 0.4) is 0 Å². The number of hydrogen-bond donors (Lipinski definition) is 2. The molecule has 3 nitrogen and oxygen atoms in total. The summed E-state index contributed by atoms with van der Waals surface area (Å²) in [5.74, 6) is 0.384. The molecule has 1 saturated heterocycles. The minimum absolute atomic E-state index is 0.384. The van der Waals surface area contributed by atoms with Gasteiger partial charge in [-0.25, -0.2) is 0 Å². The Morgan fingerprint density at radius 1 is 1.14 bits per heavy atom. The van der Waals surface area contributed by atoms with Gasteiger partial charge in [0.2, 0.25) is 0 Å². The molecule has 0 amide bonds. The van der Waals surface area contributed by atoms with Gasteiger partial charge in [-0.05, 0) is 49.7 Å². The lowest BCUT2D eigenvalue weighted by Gasteiger charge is -2.21. The molecule has 1 atom stereocenters. The Bertz CT molecular complexity index is 605. The summed E-state index contributed by atoms with van der Waals surface area (Å²) in [5, 5.41) is 16.0. The topological polar surface area (TPSA) is 35.5 Å². The summed E-state index contributed by atoms with van der Waals surface area (Å²) in [5.41, 5.74) is 1.00. The molecule has 2 N–H and O–H groups in total. The molecule has 1 unspecified atom stereocenters. The van der Waals surface area contributed by atoms with Crippen molar-refractivity contribution in [3.8, 4) is 5.75 Å². The van der Waals surface area contributed by atoms with Gasteiger partial charge >= 0.3 is 0 Å². The third-order valence-corrected chi connectivity index (χ3v) is 4.37. The lowest BCUT2D eigenvalue weighted by Crippen LogP contribution is -2.37. The molecule has 3 rings (SSSR count). The highest BCUT2D eigenvalue weighted by Crippen LogP contribution is 2.27. The first-order chi connectivity index (χ1) is 10.2. The van der Waals surface area contributed by atoms with E-state index >= 15 is 0 Å². The summed E-state index contributed by atoms with van der Waals surface area (Å²) in [7, 11) is 0. The molecule has 0 spiro atoms. The highest BCUT2D eigenvalue weighted by molar-refractivity contribution is 5.87. The number of nitrogens with zero attached hydrogens (tertiary/aromatic N) is 1. The maximum absolute atomic E-state index is 10.2. The monoisotopic (exact) mass is 284 g/mol. The Morgan fingerprint density at radius 3 is 2.71 bits per heavy atom. The third kappa shape index (κ3) is 3.36. The van der Waals surface area contributed by atoms with Crippen LogP contribution in [0.2, 0.25) is 0 Å². The molecule has 0 aromatic heterocycles. The fourth-order valence-corrected chi connectivity index (χ4v) is 3.20. The second kappa shape index (κ2) is 6.46. The maximum Gasteiger partial charge on any atom is 0.120 e. The molecule has 1 heterocycles. The predicted molar refractivity (Wildman–Crippen MR) is 87.6 cm³/mol. The van der Waals surface area contributed by atoms with Gasteiger partial charge in [-0.2, -0.15) is 0 Å². The number of rotatable bonds is 5. The van der Waals surface area contributed by atoms with E-state index in [1.54, 1.807) is 6.07 Å². The minimum atomic E-state index is 0.384. The van der Waals surface area contributed by atoms with Crippen LogP contribution in [-0.4, -0.2) is 35.7 Å². The number of phenols is 1. The van der Waals surface area contributed by atoms with Gasteiger partial charge in [-0.1, -0.05) is 30.3 Å². The molecule has 112 valence electrons. The number of benzene rings is 2. The van der Waals surface area contributed by atoms with Crippen LogP contribution >= 0.6 is 0 Å². The van der Waals surface area contributed by atoms with Gasteiger partial charge < -0.3 is 15.3 Å². The average Bonchev–Trinajstić information content (AvgIpc) is 2.99. The summed E-state index contributed by atoms with van der Waals surface area (Å²) in [6, 6.07) is 12.4. The molecule has 1 fully saturated rings. The van der Waals surface area contributed by atoms with Crippen molar-refractivity contribution >= 4 is 10.8 Å². The Morgan fingerprint density at radius 2 is 1.90 bits per heavy atom. The number of nitrogens with one attached hydrogen (secondary N) is 1. The van der Waals surface area contributed by atoms with Crippen LogP contribution in [0.1, 0.15) is 25.3 Å². The van der Waals surface area contributed by atoms with E-state index < -0.39 is 0 Å². The Hall–Kier alpha value is -1.58. The fraction of sp³-hybridized carbons (Fsp3) is 0.444. The van der Waals surface area contributed by atoms with Crippen molar-refractivity contribution in [2.45, 2.75) is 32.4 Å². The minimum Gasteiger partial charge on any atom is -0.508 e. The van der Waals surface area contributed by atoms with Crippen LogP contribution in [0, 0.1) is 0 Å². The van der Waals surface area contributed by atoms with E-state index in [9.17, 15) is 5.11 Å². The van der Waals surface area contributed by atoms with Gasteiger partial charge in [0.05, 0.1) is 0 Å². The summed E-state index contributed by atoms with van der Waals surface area (Å²) in [4.78, 5) is 2.51. The summed E-state index contributed by atoms with van der Waals surface area (Å²) in [6.45, 7) is 6.48. The normalized spacial score (nSPS) is 17.4. The van der Waals surface area contributed by atoms with Crippen molar-refractivity contribution in [1.29, 1.82) is 0 Å². The Labute approximate surface area is 126 Å². The highest BCUT2D eigenvalue weighted by atomic mass is 16.3. The SMILES string of the molecule is CC(CN1CCCC1)NCc1c(O)ccc2ccccc12. The number of hydrogen-bond acceptors (Lipinski definition) is 3. The molecule has 2 aromatic carbocycles. The largest absolute Gasteiger partial charge is 0.508 e. The van der Waals surface area contributed by atoms with Gasteiger partial charge in [0, 0.05) is 24.7 Å². The van der Waals surface area contributed by atoms with Crippen LogP contribution in [-0.2, 0) is 6.54 Å². The Kier molecular flexibility index (Phi) is 4.42. The highest BCUT2D eigenvalue weighted by Gasteiger charge is 2.15. The van der Waals surface area contributed by atoms with E-state index in [1.165, 1.54) is 31.3 Å². The zero-order chi connectivity index (χ0) is 14.7. The van der Waals surface area contributed by atoms with E-state index in [0.29, 0.717) is 18.3 Å². The van der Waals surface area contributed by atoms with Gasteiger partial charge in [0.1, 0.15) is 5.75 Å². The average molecular weight is 284 g/mol. The summed E-state index contributed by atoms with van der Waals surface area (Å²) < 4.78 is 0. The van der Waals surface area contributed by atoms with Gasteiger partial charge in [0.25, 0.3) is 0 Å². The van der Waals surface area contributed by atoms with Crippen molar-refractivity contribution in [3.63, 3.8) is 0 Å². The summed E-state index contributed by atoms with van der Waals surface area (Å²) >= 11 is 0. The fourth-order valence-electron chi connectivity index (χ4n) is 3.20. The molecule has 2 aromatic rings. The molecule has 3 heteroatoms. The van der Waals surface area contributed by atoms with Crippen molar-refractivity contribution in [1.82, 2.24) is 10.2 Å². The van der Waals surface area contributed by atoms with Crippen LogP contribution < -0.4 is 5.32 Å². The lowest BCUT2D eigenvalue weighted by molar-refractivity contribution is 0.298. The van der Waals surface area contributed by atoms with Gasteiger partial charge in [0.15, 0.2) is 0 Å². The van der Waals surface area contributed by atoms with Crippen LogP contribution in [0.5, 0.6) is 5.75 Å². The number of fused-ring (bicyclic) bond motifs is 1. The molecule has 0 saturated carbocycles. The lowest BCUT2D eigenvalue weighted by atomic mass is 10.0. The second-order valence-corrected chi connectivity index (χ2v) is 6.07. The zero-order valence-corrected chi connectivity index (χ0v) is 12.7. The van der Waals surface area contributed by atoms with E-state index in [2.05, 4.69) is 29.3 Å². The first-order valence-corrected chi connectivity index (χ1v) is 7.89. The van der Waals surface area contributed by atoms with Crippen LogP contribution in [0.4, 0.5) is 0 Å². The predicted octanol–water partition coefficient (Wildman–Crippen LogP) is 3.12. The summed E-state index contributed by atoms with van der Waals surface area (Å²) in [6.07, 6.45) is 2.66. The molecule has 1 aliphatic rings. The molecule has 0 radical (unpaired) electrons. The third-order valence-electron chi connectivity index (χ3n) is 4.37. The first kappa shape index (κ1) is 14.4. The van der Waals surface area contributed by atoms with Crippen LogP contribution in [0.25, 0.3) is 10.8 Å². The molecular weight excluding hydrogens is 260 g/mol. The van der Waals surface area contributed by atoms with Crippen molar-refractivity contribution in [2.24, 2.45) is 0 Å². The quantitative estimate of drug-likeness (QED) is 0.885. The van der Waals surface area contributed by atoms with Crippen LogP contribution in [0.15, 0.2) is 36.4 Å². The van der Waals surface area contributed by atoms with Crippen molar-refractivity contribution in [3.05, 3.63) is 42.0 Å². The first-order valence-electron chi connectivity index (χ1n) is 7.89. The maximum atomic E-state index is 10.2. The van der Waals surface area contributed by atoms with E-state index in [-0.39, 0.29) is 0 Å². The number of likely N-dealkylation sites (tertiary alicyclic amines) is 1. The Balaban J connectivity index is 1.68. The van der Waals surface area contributed by atoms with Crippen molar-refractivity contribution in [2.75, 3.05) is 19.6 Å². The van der Waals surface area contributed by atoms with Crippen molar-refractivity contribution < 1.29 is 5.11 Å². The zero-order valence-electron chi connectivity index (χ0n) is 12.7. The standard InChI is InChI=1S/C18H24N2O/c1-14(13-20-10-4-5-11-20)19-12-17-16-7-3-2-6-15(16)8-9-18(17)21/h2-3,6-9,14,19,21H,4-5,10-13H2,1H3. The van der Waals surface area contributed by atoms with E-state index in [0.717, 1.165) is 17.5 Å². The number of phenolic OH excluding ortho intramolecular Hbond substituents is 1. The smallest absolute Gasteiger partial charge is 0.120 e. The van der Waals surface area contributed by atoms with E-state index in [1.807, 2.05) is 18.2 Å². The van der Waals surface area contributed by atoms with Gasteiger partial charge in [-0.15, -0.1) is 0 Å². The molecule has 21 heavy (non-hydrogen) atoms. The second-order valence-electron chi connectivity index (χ2n) is 6.07. The molecule has 0 aliphatic carbocycles. The molecule has 1 aliphatic heterocycles. The molecular formula is C18H24N2O. The number of aromatic hydroxyl groups is 1. The van der Waals surface area contributed by atoms with E-state index in [4.69, 9.17) is 0 Å². The van der Waals surface area contributed by atoms with Gasteiger partial charge in [-0.3, -0.25) is 0 Å².